The number of hydrogen-bond donors (Lipinski definition) is 1. The van der Waals surface area contributed by atoms with Crippen LogP contribution >= 0.6 is 11.6 Å². The van der Waals surface area contributed by atoms with Gasteiger partial charge in [0.2, 0.25) is 0 Å². The number of nitrogens with zero attached hydrogens (tertiary/aromatic N) is 3. The van der Waals surface area contributed by atoms with Gasteiger partial charge in [0, 0.05) is 18.0 Å². The van der Waals surface area contributed by atoms with E-state index in [1.54, 1.807) is 60.9 Å². The first-order valence-electron chi connectivity index (χ1n) is 8.53. The highest BCUT2D eigenvalue weighted by atomic mass is 35.5. The Hall–Kier alpha value is -3.23. The van der Waals surface area contributed by atoms with Gasteiger partial charge in [-0.05, 0) is 30.3 Å². The Morgan fingerprint density at radius 3 is 2.48 bits per heavy atom. The van der Waals surface area contributed by atoms with Gasteiger partial charge in [0.25, 0.3) is 15.9 Å². The Bertz CT molecular complexity index is 1110. The van der Waals surface area contributed by atoms with Crippen molar-refractivity contribution in [1.82, 2.24) is 10.4 Å². The predicted molar refractivity (Wildman–Crippen MR) is 112 cm³/mol. The van der Waals surface area contributed by atoms with E-state index in [0.29, 0.717) is 5.56 Å². The van der Waals surface area contributed by atoms with Gasteiger partial charge < -0.3 is 0 Å². The minimum Gasteiger partial charge on any atom is -0.271 e. The van der Waals surface area contributed by atoms with Crippen molar-refractivity contribution in [3.63, 3.8) is 0 Å². The Labute approximate surface area is 173 Å². The zero-order valence-electron chi connectivity index (χ0n) is 15.1. The third-order valence-corrected chi connectivity index (χ3v) is 5.92. The summed E-state index contributed by atoms with van der Waals surface area (Å²) in [6, 6.07) is 17.7. The van der Waals surface area contributed by atoms with Crippen LogP contribution in [-0.2, 0) is 14.8 Å². The maximum atomic E-state index is 13.2. The fraction of sp³-hybridized carbons (Fsp3) is 0.0500. The lowest BCUT2D eigenvalue weighted by Crippen LogP contribution is -2.39. The molecule has 0 radical (unpaired) electrons. The molecule has 9 heteroatoms. The number of amides is 1. The normalized spacial score (nSPS) is 11.3. The van der Waals surface area contributed by atoms with E-state index < -0.39 is 22.5 Å². The molecular formula is C20H17ClN4O3S. The van der Waals surface area contributed by atoms with Crippen molar-refractivity contribution in [2.45, 2.75) is 4.90 Å². The van der Waals surface area contributed by atoms with Crippen LogP contribution in [-0.4, -0.2) is 32.1 Å². The number of aromatic nitrogens is 1. The minimum atomic E-state index is -4.02. The lowest BCUT2D eigenvalue weighted by Gasteiger charge is -2.24. The van der Waals surface area contributed by atoms with Crippen molar-refractivity contribution >= 4 is 39.4 Å². The van der Waals surface area contributed by atoms with E-state index in [-0.39, 0.29) is 15.6 Å². The Morgan fingerprint density at radius 2 is 1.79 bits per heavy atom. The first kappa shape index (κ1) is 20.5. The molecule has 0 saturated carbocycles. The fourth-order valence-corrected chi connectivity index (χ4v) is 4.22. The maximum Gasteiger partial charge on any atom is 0.264 e. The second-order valence-electron chi connectivity index (χ2n) is 5.86. The molecule has 0 bridgehead atoms. The molecule has 3 rings (SSSR count). The molecule has 1 N–H and O–H groups in total. The summed E-state index contributed by atoms with van der Waals surface area (Å²) in [6.07, 6.45) is 4.60. The third kappa shape index (κ3) is 5.18. The van der Waals surface area contributed by atoms with Crippen LogP contribution in [0.1, 0.15) is 5.56 Å². The van der Waals surface area contributed by atoms with Crippen LogP contribution in [0.4, 0.5) is 5.69 Å². The lowest BCUT2D eigenvalue weighted by molar-refractivity contribution is -0.119. The summed E-state index contributed by atoms with van der Waals surface area (Å²) in [5.74, 6) is -0.621. The molecule has 1 heterocycles. The monoisotopic (exact) mass is 428 g/mol. The van der Waals surface area contributed by atoms with E-state index in [2.05, 4.69) is 15.5 Å². The first-order valence-corrected chi connectivity index (χ1v) is 10.3. The van der Waals surface area contributed by atoms with Gasteiger partial charge >= 0.3 is 0 Å². The summed E-state index contributed by atoms with van der Waals surface area (Å²) in [5.41, 5.74) is 3.21. The number of pyridine rings is 1. The number of benzene rings is 2. The van der Waals surface area contributed by atoms with Gasteiger partial charge in [-0.1, -0.05) is 48.0 Å². The molecule has 29 heavy (non-hydrogen) atoms. The highest BCUT2D eigenvalue weighted by molar-refractivity contribution is 7.92. The number of carbonyl (C=O) groups is 1. The van der Waals surface area contributed by atoms with Gasteiger partial charge in [-0.2, -0.15) is 5.10 Å². The molecule has 0 aliphatic heterocycles. The van der Waals surface area contributed by atoms with Crippen molar-refractivity contribution in [2.24, 2.45) is 5.10 Å². The number of carbonyl (C=O) groups excluding carboxylic acids is 1. The summed E-state index contributed by atoms with van der Waals surface area (Å²) < 4.78 is 27.3. The largest absolute Gasteiger partial charge is 0.271 e. The van der Waals surface area contributed by atoms with Crippen molar-refractivity contribution in [2.75, 3.05) is 10.8 Å². The Morgan fingerprint density at radius 1 is 1.07 bits per heavy atom. The summed E-state index contributed by atoms with van der Waals surface area (Å²) in [7, 11) is -4.02. The average molecular weight is 429 g/mol. The van der Waals surface area contributed by atoms with E-state index in [4.69, 9.17) is 11.6 Å². The molecule has 1 aromatic heterocycles. The number of rotatable bonds is 7. The smallest absolute Gasteiger partial charge is 0.264 e. The van der Waals surface area contributed by atoms with E-state index in [1.807, 2.05) is 0 Å². The highest BCUT2D eigenvalue weighted by Crippen LogP contribution is 2.30. The highest BCUT2D eigenvalue weighted by Gasteiger charge is 2.28. The summed E-state index contributed by atoms with van der Waals surface area (Å²) in [4.78, 5) is 16.4. The minimum absolute atomic E-state index is 0.0478. The molecule has 0 aliphatic carbocycles. The zero-order chi connectivity index (χ0) is 20.7. The van der Waals surface area contributed by atoms with Crippen LogP contribution in [0.25, 0.3) is 0 Å². The lowest BCUT2D eigenvalue weighted by atomic mass is 10.3. The van der Waals surface area contributed by atoms with Crippen LogP contribution in [0.15, 0.2) is 89.1 Å². The molecule has 1 amide bonds. The molecule has 0 unspecified atom stereocenters. The second-order valence-corrected chi connectivity index (χ2v) is 8.13. The topological polar surface area (TPSA) is 91.7 Å². The SMILES string of the molecule is O=C(CN(c1ccccc1Cl)S(=O)(=O)c1ccccc1)N/N=C\c1cccnc1. The fourth-order valence-electron chi connectivity index (χ4n) is 2.47. The Kier molecular flexibility index (Phi) is 6.58. The van der Waals surface area contributed by atoms with Crippen LogP contribution < -0.4 is 9.73 Å². The van der Waals surface area contributed by atoms with Gasteiger partial charge in [0.05, 0.1) is 21.8 Å². The van der Waals surface area contributed by atoms with E-state index in [1.165, 1.54) is 24.4 Å². The molecule has 2 aromatic carbocycles. The Balaban J connectivity index is 1.85. The van der Waals surface area contributed by atoms with Crippen molar-refractivity contribution in [3.8, 4) is 0 Å². The van der Waals surface area contributed by atoms with Gasteiger partial charge in [0.1, 0.15) is 6.54 Å². The number of hydrazone groups is 1. The van der Waals surface area contributed by atoms with Crippen LogP contribution in [0.3, 0.4) is 0 Å². The molecule has 148 valence electrons. The van der Waals surface area contributed by atoms with E-state index in [0.717, 1.165) is 4.31 Å². The predicted octanol–water partition coefficient (Wildman–Crippen LogP) is 3.08. The molecule has 0 saturated heterocycles. The molecule has 3 aromatic rings. The van der Waals surface area contributed by atoms with E-state index in [9.17, 15) is 13.2 Å². The first-order chi connectivity index (χ1) is 14.0. The van der Waals surface area contributed by atoms with Gasteiger partial charge in [-0.3, -0.25) is 14.1 Å². The maximum absolute atomic E-state index is 13.2. The summed E-state index contributed by atoms with van der Waals surface area (Å²) >= 11 is 6.21. The number of halogens is 1. The third-order valence-electron chi connectivity index (χ3n) is 3.83. The number of hydrogen-bond acceptors (Lipinski definition) is 5. The molecule has 0 spiro atoms. The second kappa shape index (κ2) is 9.31. The molecule has 0 aliphatic rings. The van der Waals surface area contributed by atoms with Gasteiger partial charge in [0.15, 0.2) is 0 Å². The van der Waals surface area contributed by atoms with Crippen molar-refractivity contribution in [1.29, 1.82) is 0 Å². The van der Waals surface area contributed by atoms with E-state index >= 15 is 0 Å². The van der Waals surface area contributed by atoms with Gasteiger partial charge in [-0.15, -0.1) is 0 Å². The summed E-state index contributed by atoms with van der Waals surface area (Å²) in [5, 5.41) is 4.05. The van der Waals surface area contributed by atoms with Crippen molar-refractivity contribution < 1.29 is 13.2 Å². The quantitative estimate of drug-likeness (QED) is 0.462. The number of nitrogens with one attached hydrogen (secondary N) is 1. The summed E-state index contributed by atoms with van der Waals surface area (Å²) in [6.45, 7) is -0.495. The number of sulfonamides is 1. The zero-order valence-corrected chi connectivity index (χ0v) is 16.7. The van der Waals surface area contributed by atoms with Crippen LogP contribution in [0.5, 0.6) is 0 Å². The number of para-hydroxylation sites is 1. The van der Waals surface area contributed by atoms with Crippen molar-refractivity contribution in [3.05, 3.63) is 89.7 Å². The molecular weight excluding hydrogens is 412 g/mol. The molecule has 0 atom stereocenters. The van der Waals surface area contributed by atoms with Crippen LogP contribution in [0, 0.1) is 0 Å². The standard InChI is InChI=1S/C20H17ClN4O3S/c21-18-10-4-5-11-19(18)25(29(27,28)17-8-2-1-3-9-17)15-20(26)24-23-14-16-7-6-12-22-13-16/h1-14H,15H2,(H,24,26)/b23-14-. The van der Waals surface area contributed by atoms with Gasteiger partial charge in [-0.25, -0.2) is 13.8 Å². The average Bonchev–Trinajstić information content (AvgIpc) is 2.74. The molecule has 7 nitrogen and oxygen atoms in total. The number of anilines is 1. The van der Waals surface area contributed by atoms with Crippen LogP contribution in [0.2, 0.25) is 5.02 Å². The molecule has 0 fully saturated rings.